The molecule has 0 N–H and O–H groups in total. The fourth-order valence-corrected chi connectivity index (χ4v) is 1.95. The largest absolute Gasteiger partial charge is 0.456 e. The number of halogens is 1. The van der Waals surface area contributed by atoms with Crippen molar-refractivity contribution < 1.29 is 13.6 Å². The second-order valence-corrected chi connectivity index (χ2v) is 4.46. The van der Waals surface area contributed by atoms with Crippen LogP contribution in [0.25, 0.3) is 0 Å². The zero-order valence-corrected chi connectivity index (χ0v) is 11.7. The molecule has 0 aliphatic rings. The Morgan fingerprint density at radius 2 is 2.00 bits per heavy atom. The lowest BCUT2D eigenvalue weighted by atomic mass is 10.2. The molecule has 0 unspecified atom stereocenters. The van der Waals surface area contributed by atoms with Crippen LogP contribution in [0.1, 0.15) is 29.7 Å². The molecule has 1 amide bonds. The van der Waals surface area contributed by atoms with Crippen molar-refractivity contribution in [1.29, 1.82) is 5.26 Å². The molecule has 0 aliphatic heterocycles. The number of nitrogens with zero attached hydrogens (tertiary/aromatic N) is 2. The maximum Gasteiger partial charge on any atom is 0.294 e. The van der Waals surface area contributed by atoms with Gasteiger partial charge in [-0.25, -0.2) is 4.39 Å². The van der Waals surface area contributed by atoms with Crippen LogP contribution in [0.5, 0.6) is 0 Å². The fraction of sp³-hybridized carbons (Fsp3) is 0.250. The van der Waals surface area contributed by atoms with Crippen LogP contribution in [-0.4, -0.2) is 12.5 Å². The number of nitriles is 1. The van der Waals surface area contributed by atoms with Gasteiger partial charge in [0.1, 0.15) is 11.6 Å². The molecule has 0 atom stereocenters. The number of anilines is 1. The standard InChI is InChI=1S/C16H15FN2O2/c1-2-14-8-9-15(21-14)16(20)19(11-3-10-18)13-6-4-12(17)5-7-13/h4-9H,2-3,11H2,1H3. The number of hydrogen-bond acceptors (Lipinski definition) is 3. The monoisotopic (exact) mass is 286 g/mol. The summed E-state index contributed by atoms with van der Waals surface area (Å²) in [6, 6.07) is 10.9. The fourth-order valence-electron chi connectivity index (χ4n) is 1.95. The Labute approximate surface area is 122 Å². The van der Waals surface area contributed by atoms with E-state index in [2.05, 4.69) is 0 Å². The van der Waals surface area contributed by atoms with Gasteiger partial charge in [-0.15, -0.1) is 0 Å². The first kappa shape index (κ1) is 14.8. The highest BCUT2D eigenvalue weighted by molar-refractivity contribution is 6.04. The third kappa shape index (κ3) is 3.48. The van der Waals surface area contributed by atoms with Crippen LogP contribution in [-0.2, 0) is 6.42 Å². The number of benzene rings is 1. The zero-order chi connectivity index (χ0) is 15.2. The normalized spacial score (nSPS) is 10.1. The Morgan fingerprint density at radius 3 is 2.57 bits per heavy atom. The van der Waals surface area contributed by atoms with Crippen molar-refractivity contribution in [3.8, 4) is 6.07 Å². The summed E-state index contributed by atoms with van der Waals surface area (Å²) in [5.74, 6) is 0.223. The summed E-state index contributed by atoms with van der Waals surface area (Å²) >= 11 is 0. The first-order chi connectivity index (χ1) is 10.2. The summed E-state index contributed by atoms with van der Waals surface area (Å²) in [4.78, 5) is 13.9. The van der Waals surface area contributed by atoms with Gasteiger partial charge in [0.2, 0.25) is 0 Å². The van der Waals surface area contributed by atoms with Gasteiger partial charge in [0.05, 0.1) is 12.5 Å². The van der Waals surface area contributed by atoms with Gasteiger partial charge in [0.15, 0.2) is 5.76 Å². The van der Waals surface area contributed by atoms with E-state index in [9.17, 15) is 9.18 Å². The van der Waals surface area contributed by atoms with E-state index >= 15 is 0 Å². The van der Waals surface area contributed by atoms with Crippen LogP contribution < -0.4 is 4.90 Å². The summed E-state index contributed by atoms with van der Waals surface area (Å²) in [7, 11) is 0. The van der Waals surface area contributed by atoms with E-state index in [0.717, 1.165) is 5.76 Å². The second kappa shape index (κ2) is 6.71. The van der Waals surface area contributed by atoms with Crippen LogP contribution in [0.3, 0.4) is 0 Å². The van der Waals surface area contributed by atoms with Crippen LogP contribution >= 0.6 is 0 Å². The van der Waals surface area contributed by atoms with E-state index in [0.29, 0.717) is 12.1 Å². The van der Waals surface area contributed by atoms with Crippen LogP contribution in [0, 0.1) is 17.1 Å². The van der Waals surface area contributed by atoms with Gasteiger partial charge in [-0.1, -0.05) is 6.92 Å². The minimum absolute atomic E-state index is 0.185. The smallest absolute Gasteiger partial charge is 0.294 e. The lowest BCUT2D eigenvalue weighted by Crippen LogP contribution is -2.31. The van der Waals surface area contributed by atoms with Gasteiger partial charge in [-0.05, 0) is 36.4 Å². The molecule has 2 rings (SSSR count). The minimum Gasteiger partial charge on any atom is -0.456 e. The highest BCUT2D eigenvalue weighted by atomic mass is 19.1. The Balaban J connectivity index is 2.28. The SMILES string of the molecule is CCc1ccc(C(=O)N(CCC#N)c2ccc(F)cc2)o1. The average Bonchev–Trinajstić information content (AvgIpc) is 2.98. The molecule has 21 heavy (non-hydrogen) atoms. The molecule has 4 nitrogen and oxygen atoms in total. The summed E-state index contributed by atoms with van der Waals surface area (Å²) in [6.45, 7) is 2.16. The third-order valence-electron chi connectivity index (χ3n) is 3.05. The van der Waals surface area contributed by atoms with Crippen LogP contribution in [0.2, 0.25) is 0 Å². The van der Waals surface area contributed by atoms with E-state index in [1.54, 1.807) is 12.1 Å². The molecule has 0 fully saturated rings. The van der Waals surface area contributed by atoms with Crippen molar-refractivity contribution in [3.05, 3.63) is 53.7 Å². The summed E-state index contributed by atoms with van der Waals surface area (Å²) in [6.07, 6.45) is 0.881. The van der Waals surface area contributed by atoms with Crippen molar-refractivity contribution >= 4 is 11.6 Å². The molecular weight excluding hydrogens is 271 g/mol. The zero-order valence-electron chi connectivity index (χ0n) is 11.7. The number of aryl methyl sites for hydroxylation is 1. The van der Waals surface area contributed by atoms with E-state index in [4.69, 9.17) is 9.68 Å². The number of hydrogen-bond donors (Lipinski definition) is 0. The molecule has 0 spiro atoms. The maximum atomic E-state index is 13.0. The van der Waals surface area contributed by atoms with Crippen molar-refractivity contribution in [1.82, 2.24) is 0 Å². The Bertz CT molecular complexity index is 656. The molecule has 2 aromatic rings. The molecule has 0 radical (unpaired) electrons. The van der Waals surface area contributed by atoms with E-state index in [-0.39, 0.29) is 30.5 Å². The van der Waals surface area contributed by atoms with Gasteiger partial charge < -0.3 is 9.32 Å². The number of rotatable bonds is 5. The highest BCUT2D eigenvalue weighted by Crippen LogP contribution is 2.19. The van der Waals surface area contributed by atoms with Crippen molar-refractivity contribution in [2.75, 3.05) is 11.4 Å². The van der Waals surface area contributed by atoms with Gasteiger partial charge in [-0.2, -0.15) is 5.26 Å². The van der Waals surface area contributed by atoms with Crippen LogP contribution in [0.4, 0.5) is 10.1 Å². The maximum absolute atomic E-state index is 13.0. The Morgan fingerprint density at radius 1 is 1.29 bits per heavy atom. The summed E-state index contributed by atoms with van der Waals surface area (Å²) in [5, 5.41) is 8.73. The number of furan rings is 1. The third-order valence-corrected chi connectivity index (χ3v) is 3.05. The first-order valence-electron chi connectivity index (χ1n) is 6.68. The number of carbonyl (C=O) groups excluding carboxylic acids is 1. The molecule has 0 aliphatic carbocycles. The van der Waals surface area contributed by atoms with Crippen molar-refractivity contribution in [3.63, 3.8) is 0 Å². The Hall–Kier alpha value is -2.61. The number of carbonyl (C=O) groups is 1. The van der Waals surface area contributed by atoms with E-state index in [1.807, 2.05) is 13.0 Å². The second-order valence-electron chi connectivity index (χ2n) is 4.46. The molecule has 0 saturated heterocycles. The predicted octanol–water partition coefficient (Wildman–Crippen LogP) is 3.54. The molecular formula is C16H15FN2O2. The molecule has 1 aromatic carbocycles. The van der Waals surface area contributed by atoms with Gasteiger partial charge in [-0.3, -0.25) is 4.79 Å². The lowest BCUT2D eigenvalue weighted by molar-refractivity contribution is 0.0959. The molecule has 1 heterocycles. The molecule has 108 valence electrons. The predicted molar refractivity (Wildman–Crippen MR) is 76.4 cm³/mol. The Kier molecular flexibility index (Phi) is 4.72. The van der Waals surface area contributed by atoms with Crippen LogP contribution in [0.15, 0.2) is 40.8 Å². The number of amides is 1. The molecule has 1 aromatic heterocycles. The average molecular weight is 286 g/mol. The molecule has 0 bridgehead atoms. The quantitative estimate of drug-likeness (QED) is 0.844. The van der Waals surface area contributed by atoms with E-state index < -0.39 is 0 Å². The van der Waals surface area contributed by atoms with E-state index in [1.165, 1.54) is 29.2 Å². The highest BCUT2D eigenvalue weighted by Gasteiger charge is 2.20. The summed E-state index contributed by atoms with van der Waals surface area (Å²) in [5.41, 5.74) is 0.533. The van der Waals surface area contributed by atoms with Gasteiger partial charge >= 0.3 is 0 Å². The van der Waals surface area contributed by atoms with Gasteiger partial charge in [0.25, 0.3) is 5.91 Å². The van der Waals surface area contributed by atoms with Crippen molar-refractivity contribution in [2.45, 2.75) is 19.8 Å². The van der Waals surface area contributed by atoms with Gasteiger partial charge in [0, 0.05) is 18.7 Å². The minimum atomic E-state index is -0.377. The summed E-state index contributed by atoms with van der Waals surface area (Å²) < 4.78 is 18.5. The first-order valence-corrected chi connectivity index (χ1v) is 6.68. The topological polar surface area (TPSA) is 57.2 Å². The molecule has 0 saturated carbocycles. The molecule has 5 heteroatoms. The lowest BCUT2D eigenvalue weighted by Gasteiger charge is -2.20. The van der Waals surface area contributed by atoms with Crippen molar-refractivity contribution in [2.24, 2.45) is 0 Å².